The summed E-state index contributed by atoms with van der Waals surface area (Å²) in [6.07, 6.45) is 4.47. The molecule has 354 valence electrons. The van der Waals surface area contributed by atoms with Gasteiger partial charge in [-0.15, -0.1) is 6.58 Å². The topological polar surface area (TPSA) is 182 Å². The second kappa shape index (κ2) is 19.1. The van der Waals surface area contributed by atoms with Crippen molar-refractivity contribution in [1.29, 1.82) is 0 Å². The molecular weight excluding hydrogens is 874 g/mol. The largest absolute Gasteiger partial charge is 0.491 e. The summed E-state index contributed by atoms with van der Waals surface area (Å²) in [6, 6.07) is 3.29. The van der Waals surface area contributed by atoms with Gasteiger partial charge >= 0.3 is 12.1 Å². The van der Waals surface area contributed by atoms with Gasteiger partial charge in [-0.3, -0.25) is 19.5 Å². The summed E-state index contributed by atoms with van der Waals surface area (Å²) >= 11 is 8.77. The molecule has 1 aromatic carbocycles. The molecule has 0 radical (unpaired) electrons. The van der Waals surface area contributed by atoms with Crippen LogP contribution in [0.3, 0.4) is 0 Å². The number of thioether (sulfide) groups is 1. The number of nitrogens with zero attached hydrogens (tertiary/aromatic N) is 4. The number of halogens is 1. The summed E-state index contributed by atoms with van der Waals surface area (Å²) in [4.78, 5) is 69.7. The number of amides is 3. The van der Waals surface area contributed by atoms with Gasteiger partial charge in [0.2, 0.25) is 11.8 Å². The molecule has 5 fully saturated rings. The third-order valence-electron chi connectivity index (χ3n) is 13.7. The number of hydrogen-bond donors (Lipinski definition) is 3. The number of nitrogens with one attached hydrogen (secondary N) is 3. The molecule has 10 atom stereocenters. The first kappa shape index (κ1) is 47.2. The first-order valence-electron chi connectivity index (χ1n) is 23.0. The van der Waals surface area contributed by atoms with E-state index in [0.717, 1.165) is 37.5 Å². The van der Waals surface area contributed by atoms with Gasteiger partial charge in [0.15, 0.2) is 5.17 Å². The summed E-state index contributed by atoms with van der Waals surface area (Å²) < 4.78 is 29.6. The van der Waals surface area contributed by atoms with Crippen LogP contribution in [0.1, 0.15) is 84.9 Å². The van der Waals surface area contributed by atoms with Crippen LogP contribution in [0.2, 0.25) is 5.02 Å². The van der Waals surface area contributed by atoms with Crippen LogP contribution in [0.5, 0.6) is 11.5 Å². The Labute approximate surface area is 390 Å². The van der Waals surface area contributed by atoms with Crippen LogP contribution in [-0.2, 0) is 28.6 Å². The molecule has 0 bridgehead atoms. The predicted molar refractivity (Wildman–Crippen MR) is 248 cm³/mol. The fraction of sp³-hybridized carbons (Fsp3) is 0.660. The van der Waals surface area contributed by atoms with Gasteiger partial charge in [-0.2, -0.15) is 0 Å². The summed E-state index contributed by atoms with van der Waals surface area (Å²) in [5, 5.41) is 11.0. The van der Waals surface area contributed by atoms with E-state index in [1.807, 2.05) is 32.9 Å². The van der Waals surface area contributed by atoms with Gasteiger partial charge in [0, 0.05) is 62.3 Å². The molecule has 2 aromatic rings. The van der Waals surface area contributed by atoms with Crippen molar-refractivity contribution < 1.29 is 42.9 Å². The highest BCUT2D eigenvalue weighted by atomic mass is 35.5. The molecule has 3 saturated carbocycles. The highest BCUT2D eigenvalue weighted by molar-refractivity contribution is 8.14. The Kier molecular flexibility index (Phi) is 13.9. The van der Waals surface area contributed by atoms with E-state index in [4.69, 9.17) is 45.3 Å². The Morgan fingerprint density at radius 1 is 1.05 bits per heavy atom. The molecule has 4 heterocycles. The third kappa shape index (κ3) is 10.3. The van der Waals surface area contributed by atoms with Crippen molar-refractivity contribution in [1.82, 2.24) is 30.7 Å². The molecule has 3 aliphatic heterocycles. The van der Waals surface area contributed by atoms with Crippen LogP contribution in [0.4, 0.5) is 4.79 Å². The first-order chi connectivity index (χ1) is 31.0. The number of hydrogen-bond acceptors (Lipinski definition) is 14. The molecule has 16 nitrogen and oxygen atoms in total. The van der Waals surface area contributed by atoms with Crippen molar-refractivity contribution in [3.63, 3.8) is 0 Å². The van der Waals surface area contributed by atoms with Gasteiger partial charge in [0.05, 0.1) is 31.0 Å². The number of alkyl carbamates (subject to hydrolysis) is 1. The SMILES string of the molecule is C=C[C@@H]1CC1(NC(=O)[C@@H]1C[C@@H](Oc2cc(C3CSC(NC(C)C)=N3)nc3c(Cl)c(OCCN4CC[C@@H](OC)C4)ccc23)CN1C(=O)[C@@H](NC(=O)OC1C[C@@H]2C[C@@H]2C1)C(C)(C)C)C(=O)OC. The molecule has 6 aliphatic rings. The molecule has 65 heavy (non-hydrogen) atoms. The number of ether oxygens (including phenoxy) is 5. The van der Waals surface area contributed by atoms with Crippen LogP contribution in [0.25, 0.3) is 10.9 Å². The number of amidine groups is 1. The summed E-state index contributed by atoms with van der Waals surface area (Å²) in [5.74, 6) is 0.845. The average molecular weight is 939 g/mol. The van der Waals surface area contributed by atoms with Crippen molar-refractivity contribution in [3.05, 3.63) is 41.6 Å². The quantitative estimate of drug-likeness (QED) is 0.139. The van der Waals surface area contributed by atoms with E-state index in [1.165, 1.54) is 18.4 Å². The zero-order chi connectivity index (χ0) is 46.4. The van der Waals surface area contributed by atoms with E-state index in [0.29, 0.717) is 70.3 Å². The van der Waals surface area contributed by atoms with Crippen molar-refractivity contribution >= 4 is 63.3 Å². The highest BCUT2D eigenvalue weighted by Gasteiger charge is 2.62. The molecule has 3 aliphatic carbocycles. The number of aromatic nitrogens is 1. The van der Waals surface area contributed by atoms with Crippen LogP contribution in [0, 0.1) is 23.2 Å². The Balaban J connectivity index is 1.08. The van der Waals surface area contributed by atoms with Crippen molar-refractivity contribution in [3.8, 4) is 11.5 Å². The lowest BCUT2D eigenvalue weighted by molar-refractivity contribution is -0.148. The van der Waals surface area contributed by atoms with Gasteiger partial charge in [-0.05, 0) is 75.3 Å². The lowest BCUT2D eigenvalue weighted by atomic mass is 9.85. The predicted octanol–water partition coefficient (Wildman–Crippen LogP) is 5.65. The fourth-order valence-corrected chi connectivity index (χ4v) is 11.2. The molecule has 3 N–H and O–H groups in total. The standard InChI is InChI=1S/C47H64ClN7O9S/c1-9-28-21-47(28,43(58)61-8)53-41(56)35-19-31(23-55(35)42(57)40(46(4,5)6)52-45(59)64-30-17-26-16-27(26)18-30)63-37-20-33(34-24-65-44(51-34)49-25(2)3)50-39-32(37)10-11-36(38(39)48)62-15-14-54-13-12-29(22-54)60-7/h9-11,20,25-31,34-35,40H,1,12-19,21-24H2,2-8H3,(H,49,51)(H,52,59)(H,53,56)/t26-,27+,28-,29-,30?,31-,34?,35+,40-,47?/m1/s1. The van der Waals surface area contributed by atoms with Crippen molar-refractivity contribution in [2.45, 2.75) is 121 Å². The van der Waals surface area contributed by atoms with E-state index in [2.05, 4.69) is 41.3 Å². The van der Waals surface area contributed by atoms with Crippen LogP contribution >= 0.6 is 23.4 Å². The van der Waals surface area contributed by atoms with Crippen LogP contribution in [-0.4, -0.2) is 139 Å². The molecule has 8 rings (SSSR count). The average Bonchev–Trinajstić information content (AvgIpc) is 3.74. The zero-order valence-corrected chi connectivity index (χ0v) is 40.1. The first-order valence-corrected chi connectivity index (χ1v) is 24.3. The minimum absolute atomic E-state index is 0.00326. The van der Waals surface area contributed by atoms with Crippen molar-refractivity contribution in [2.75, 3.05) is 52.8 Å². The van der Waals surface area contributed by atoms with Gasteiger partial charge in [-0.1, -0.05) is 50.2 Å². The number of pyridine rings is 1. The Hall–Kier alpha value is -4.32. The zero-order valence-electron chi connectivity index (χ0n) is 38.5. The number of esters is 1. The van der Waals surface area contributed by atoms with E-state index in [-0.39, 0.29) is 43.2 Å². The molecule has 3 amide bonds. The molecular formula is C47H64ClN7O9S. The maximum atomic E-state index is 14.9. The maximum absolute atomic E-state index is 14.9. The lowest BCUT2D eigenvalue weighted by Crippen LogP contribution is -2.59. The summed E-state index contributed by atoms with van der Waals surface area (Å²) in [7, 11) is 3.01. The van der Waals surface area contributed by atoms with Crippen molar-refractivity contribution in [2.24, 2.45) is 28.2 Å². The number of likely N-dealkylation sites (tertiary alicyclic amines) is 2. The van der Waals surface area contributed by atoms with E-state index in [1.54, 1.807) is 31.0 Å². The number of aliphatic imine (C=N–C) groups is 1. The minimum atomic E-state index is -1.30. The fourth-order valence-electron chi connectivity index (χ4n) is 9.85. The van der Waals surface area contributed by atoms with Crippen LogP contribution < -0.4 is 25.4 Å². The van der Waals surface area contributed by atoms with E-state index in [9.17, 15) is 19.2 Å². The number of methoxy groups -OCH3 is 2. The molecule has 2 saturated heterocycles. The van der Waals surface area contributed by atoms with E-state index < -0.39 is 53.0 Å². The highest BCUT2D eigenvalue weighted by Crippen LogP contribution is 2.52. The molecule has 3 unspecified atom stereocenters. The molecule has 1 aromatic heterocycles. The number of fused-ring (bicyclic) bond motifs is 2. The van der Waals surface area contributed by atoms with E-state index >= 15 is 0 Å². The molecule has 0 spiro atoms. The molecule has 18 heteroatoms. The van der Waals surface area contributed by atoms with Gasteiger partial charge in [-0.25, -0.2) is 14.6 Å². The maximum Gasteiger partial charge on any atom is 0.408 e. The Morgan fingerprint density at radius 3 is 2.48 bits per heavy atom. The minimum Gasteiger partial charge on any atom is -0.491 e. The second-order valence-corrected chi connectivity index (χ2v) is 21.2. The van der Waals surface area contributed by atoms with Gasteiger partial charge in [0.25, 0.3) is 0 Å². The summed E-state index contributed by atoms with van der Waals surface area (Å²) in [5.41, 5.74) is -0.961. The smallest absolute Gasteiger partial charge is 0.408 e. The monoisotopic (exact) mass is 937 g/mol. The second-order valence-electron chi connectivity index (χ2n) is 19.9. The number of rotatable bonds is 16. The normalized spacial score (nSPS) is 29.8. The van der Waals surface area contributed by atoms with Crippen LogP contribution in [0.15, 0.2) is 35.8 Å². The Bertz CT molecular complexity index is 2200. The Morgan fingerprint density at radius 2 is 1.82 bits per heavy atom. The van der Waals surface area contributed by atoms with Gasteiger partial charge < -0.3 is 44.5 Å². The number of carbonyl (C=O) groups is 4. The number of carbonyl (C=O) groups excluding carboxylic acids is 4. The number of benzene rings is 1. The lowest BCUT2D eigenvalue weighted by Gasteiger charge is -2.35. The summed E-state index contributed by atoms with van der Waals surface area (Å²) in [6.45, 7) is 16.4. The van der Waals surface area contributed by atoms with Gasteiger partial charge in [0.1, 0.15) is 59.0 Å². The third-order valence-corrected chi connectivity index (χ3v) is 15.0.